The van der Waals surface area contributed by atoms with Crippen molar-refractivity contribution in [2.45, 2.75) is 6.92 Å². The molecule has 6 nitrogen and oxygen atoms in total. The van der Waals surface area contributed by atoms with E-state index < -0.39 is 5.97 Å². The van der Waals surface area contributed by atoms with Gasteiger partial charge in [-0.15, -0.1) is 0 Å². The molecule has 118 valence electrons. The third-order valence-electron chi connectivity index (χ3n) is 3.91. The Bertz CT molecular complexity index is 1080. The van der Waals surface area contributed by atoms with Crippen molar-refractivity contribution in [3.63, 3.8) is 0 Å². The maximum absolute atomic E-state index is 11.6. The number of aromatic carboxylic acids is 1. The molecule has 3 aromatic heterocycles. The number of carbonyl (C=O) groups is 1. The smallest absolute Gasteiger partial charge is 0.337 e. The zero-order valence-electron chi connectivity index (χ0n) is 12.9. The molecule has 0 aliphatic heterocycles. The van der Waals surface area contributed by atoms with Crippen molar-refractivity contribution in [1.82, 2.24) is 15.0 Å². The van der Waals surface area contributed by atoms with Crippen LogP contribution in [0.2, 0.25) is 0 Å². The van der Waals surface area contributed by atoms with Crippen molar-refractivity contribution in [1.29, 1.82) is 0 Å². The highest BCUT2D eigenvalue weighted by Crippen LogP contribution is 2.32. The molecule has 3 N–H and O–H groups in total. The van der Waals surface area contributed by atoms with Gasteiger partial charge in [0.25, 0.3) is 0 Å². The summed E-state index contributed by atoms with van der Waals surface area (Å²) in [7, 11) is 0. The van der Waals surface area contributed by atoms with Gasteiger partial charge in [0.05, 0.1) is 16.6 Å². The van der Waals surface area contributed by atoms with E-state index in [1.54, 1.807) is 6.20 Å². The molecule has 1 aromatic carbocycles. The number of fused-ring (bicyclic) bond motifs is 3. The highest BCUT2D eigenvalue weighted by molar-refractivity contribution is 6.17. The third kappa shape index (κ3) is 2.25. The number of aromatic amines is 1. The van der Waals surface area contributed by atoms with Crippen LogP contribution in [0.5, 0.6) is 0 Å². The molecule has 0 saturated carbocycles. The lowest BCUT2D eigenvalue weighted by Gasteiger charge is -2.10. The molecule has 0 aliphatic rings. The molecule has 0 bridgehead atoms. The molecule has 0 atom stereocenters. The molecule has 4 rings (SSSR count). The van der Waals surface area contributed by atoms with Crippen LogP contribution in [-0.2, 0) is 0 Å². The summed E-state index contributed by atoms with van der Waals surface area (Å²) in [5.41, 5.74) is 3.37. The lowest BCUT2D eigenvalue weighted by atomic mass is 10.1. The van der Waals surface area contributed by atoms with Gasteiger partial charge in [-0.2, -0.15) is 0 Å². The van der Waals surface area contributed by atoms with Gasteiger partial charge in [-0.1, -0.05) is 18.2 Å². The number of anilines is 2. The Hall–Kier alpha value is -3.41. The minimum atomic E-state index is -0.969. The molecule has 0 spiro atoms. The normalized spacial score (nSPS) is 11.0. The molecule has 24 heavy (non-hydrogen) atoms. The fraction of sp³-hybridized carbons (Fsp3) is 0.0556. The van der Waals surface area contributed by atoms with Crippen LogP contribution in [0.4, 0.5) is 11.5 Å². The highest BCUT2D eigenvalue weighted by atomic mass is 16.4. The Kier molecular flexibility index (Phi) is 3.16. The maximum Gasteiger partial charge on any atom is 0.337 e. The quantitative estimate of drug-likeness (QED) is 0.533. The SMILES string of the molecule is Cc1cc(Nc2nc3ccccc3c3c(C(=O)O)c[nH]c23)ccn1. The van der Waals surface area contributed by atoms with E-state index in [4.69, 9.17) is 0 Å². The zero-order valence-corrected chi connectivity index (χ0v) is 12.9. The summed E-state index contributed by atoms with van der Waals surface area (Å²) < 4.78 is 0. The van der Waals surface area contributed by atoms with Gasteiger partial charge in [0.15, 0.2) is 5.82 Å². The van der Waals surface area contributed by atoms with Gasteiger partial charge >= 0.3 is 5.97 Å². The Morgan fingerprint density at radius 2 is 2.08 bits per heavy atom. The van der Waals surface area contributed by atoms with Crippen LogP contribution in [0, 0.1) is 6.92 Å². The molecule has 3 heterocycles. The first kappa shape index (κ1) is 14.2. The zero-order chi connectivity index (χ0) is 16.7. The van der Waals surface area contributed by atoms with E-state index in [0.29, 0.717) is 16.7 Å². The van der Waals surface area contributed by atoms with Gasteiger partial charge in [-0.25, -0.2) is 9.78 Å². The molecule has 0 saturated heterocycles. The van der Waals surface area contributed by atoms with Crippen molar-refractivity contribution >= 4 is 39.3 Å². The topological polar surface area (TPSA) is 90.9 Å². The van der Waals surface area contributed by atoms with Crippen LogP contribution in [0.3, 0.4) is 0 Å². The minimum Gasteiger partial charge on any atom is -0.478 e. The van der Waals surface area contributed by atoms with Gasteiger partial charge in [0.2, 0.25) is 0 Å². The number of para-hydroxylation sites is 1. The van der Waals surface area contributed by atoms with E-state index >= 15 is 0 Å². The molecule has 6 heteroatoms. The summed E-state index contributed by atoms with van der Waals surface area (Å²) in [6.45, 7) is 1.91. The number of carboxylic acid groups (broad SMARTS) is 1. The second kappa shape index (κ2) is 5.34. The van der Waals surface area contributed by atoms with Crippen LogP contribution >= 0.6 is 0 Å². The average molecular weight is 318 g/mol. The third-order valence-corrected chi connectivity index (χ3v) is 3.91. The lowest BCUT2D eigenvalue weighted by molar-refractivity contribution is 0.0699. The number of H-pyrrole nitrogens is 1. The number of carboxylic acids is 1. The van der Waals surface area contributed by atoms with Gasteiger partial charge < -0.3 is 15.4 Å². The lowest BCUT2D eigenvalue weighted by Crippen LogP contribution is -1.98. The number of nitrogens with zero attached hydrogens (tertiary/aromatic N) is 2. The molecule has 0 amide bonds. The Balaban J connectivity index is 1.99. The Labute approximate surface area is 137 Å². The maximum atomic E-state index is 11.6. The van der Waals surface area contributed by atoms with E-state index in [1.807, 2.05) is 43.3 Å². The molecule has 0 radical (unpaired) electrons. The van der Waals surface area contributed by atoms with Crippen LogP contribution < -0.4 is 5.32 Å². The molecule has 0 aliphatic carbocycles. The Morgan fingerprint density at radius 3 is 2.88 bits per heavy atom. The second-order valence-corrected chi connectivity index (χ2v) is 5.55. The van der Waals surface area contributed by atoms with Gasteiger partial charge in [-0.05, 0) is 25.1 Å². The second-order valence-electron chi connectivity index (χ2n) is 5.55. The monoisotopic (exact) mass is 318 g/mol. The molecule has 0 fully saturated rings. The summed E-state index contributed by atoms with van der Waals surface area (Å²) in [5.74, 6) is -0.384. The first-order valence-corrected chi connectivity index (χ1v) is 7.46. The standard InChI is InChI=1S/C18H14N4O2/c1-10-8-11(6-7-19-10)21-17-16-15(13(9-20-16)18(23)24)12-4-2-3-5-14(12)22-17/h2-9,20H,1H3,(H,23,24)(H,19,21,22). The van der Waals surface area contributed by atoms with Crippen molar-refractivity contribution < 1.29 is 9.90 Å². The van der Waals surface area contributed by atoms with E-state index in [-0.39, 0.29) is 5.56 Å². The summed E-state index contributed by atoms with van der Waals surface area (Å²) in [5, 5.41) is 14.2. The van der Waals surface area contributed by atoms with Crippen LogP contribution in [0.25, 0.3) is 21.8 Å². The van der Waals surface area contributed by atoms with E-state index in [0.717, 1.165) is 22.3 Å². The predicted octanol–water partition coefficient (Wildman–Crippen LogP) is 3.86. The number of rotatable bonds is 3. The van der Waals surface area contributed by atoms with Crippen molar-refractivity contribution in [2.75, 3.05) is 5.32 Å². The van der Waals surface area contributed by atoms with Gasteiger partial charge in [0, 0.05) is 34.5 Å². The molecule has 4 aromatic rings. The number of aryl methyl sites for hydroxylation is 1. The first-order valence-electron chi connectivity index (χ1n) is 7.46. The number of pyridine rings is 2. The van der Waals surface area contributed by atoms with Crippen molar-refractivity contribution in [2.24, 2.45) is 0 Å². The summed E-state index contributed by atoms with van der Waals surface area (Å²) in [4.78, 5) is 23.4. The molecule has 0 unspecified atom stereocenters. The van der Waals surface area contributed by atoms with Crippen molar-refractivity contribution in [3.05, 3.63) is 60.0 Å². The van der Waals surface area contributed by atoms with Gasteiger partial charge in [-0.3, -0.25) is 4.98 Å². The van der Waals surface area contributed by atoms with E-state index in [9.17, 15) is 9.90 Å². The summed E-state index contributed by atoms with van der Waals surface area (Å²) >= 11 is 0. The fourth-order valence-corrected chi connectivity index (χ4v) is 2.87. The minimum absolute atomic E-state index is 0.234. The van der Waals surface area contributed by atoms with Crippen molar-refractivity contribution in [3.8, 4) is 0 Å². The van der Waals surface area contributed by atoms with Gasteiger partial charge in [0.1, 0.15) is 0 Å². The number of benzene rings is 1. The first-order chi connectivity index (χ1) is 11.6. The molecular weight excluding hydrogens is 304 g/mol. The van der Waals surface area contributed by atoms with E-state index in [1.165, 1.54) is 6.20 Å². The number of aromatic nitrogens is 3. The highest BCUT2D eigenvalue weighted by Gasteiger charge is 2.17. The van der Waals surface area contributed by atoms with E-state index in [2.05, 4.69) is 20.3 Å². The largest absolute Gasteiger partial charge is 0.478 e. The predicted molar refractivity (Wildman–Crippen MR) is 92.8 cm³/mol. The summed E-state index contributed by atoms with van der Waals surface area (Å²) in [6.07, 6.45) is 3.22. The van der Waals surface area contributed by atoms with Crippen LogP contribution in [0.1, 0.15) is 16.1 Å². The van der Waals surface area contributed by atoms with Crippen LogP contribution in [0.15, 0.2) is 48.8 Å². The number of hydrogen-bond acceptors (Lipinski definition) is 4. The Morgan fingerprint density at radius 1 is 1.25 bits per heavy atom. The number of nitrogens with one attached hydrogen (secondary N) is 2. The number of hydrogen-bond donors (Lipinski definition) is 3. The fourth-order valence-electron chi connectivity index (χ4n) is 2.87. The summed E-state index contributed by atoms with van der Waals surface area (Å²) in [6, 6.07) is 11.3. The molecular formula is C18H14N4O2. The van der Waals surface area contributed by atoms with Crippen LogP contribution in [-0.4, -0.2) is 26.0 Å². The average Bonchev–Trinajstić information content (AvgIpc) is 3.01.